The van der Waals surface area contributed by atoms with E-state index in [9.17, 15) is 8.42 Å². The first kappa shape index (κ1) is 19.8. The molecular weight excluding hydrogens is 408 g/mol. The molecule has 1 aromatic carbocycles. The molecule has 1 saturated heterocycles. The summed E-state index contributed by atoms with van der Waals surface area (Å²) in [5.41, 5.74) is 1.76. The highest BCUT2D eigenvalue weighted by molar-refractivity contribution is 7.91. The molecule has 0 unspecified atom stereocenters. The molecule has 1 fully saturated rings. The zero-order chi connectivity index (χ0) is 20.3. The maximum Gasteiger partial charge on any atom is 0.252 e. The minimum absolute atomic E-state index is 0.394. The van der Waals surface area contributed by atoms with Crippen molar-refractivity contribution in [1.29, 1.82) is 0 Å². The van der Waals surface area contributed by atoms with Crippen LogP contribution in [0.25, 0.3) is 11.3 Å². The van der Waals surface area contributed by atoms with E-state index in [0.29, 0.717) is 37.0 Å². The van der Waals surface area contributed by atoms with E-state index in [1.807, 2.05) is 43.3 Å². The summed E-state index contributed by atoms with van der Waals surface area (Å²) in [6, 6.07) is 15.0. The molecule has 0 atom stereocenters. The second-order valence-corrected chi connectivity index (χ2v) is 9.67. The molecule has 0 saturated carbocycles. The number of aromatic nitrogens is 2. The highest BCUT2D eigenvalue weighted by Crippen LogP contribution is 2.25. The quantitative estimate of drug-likeness (QED) is 0.598. The Kier molecular flexibility index (Phi) is 5.79. The van der Waals surface area contributed by atoms with Crippen LogP contribution >= 0.6 is 11.3 Å². The minimum atomic E-state index is -3.40. The highest BCUT2D eigenvalue weighted by atomic mass is 32.2. The van der Waals surface area contributed by atoms with Crippen molar-refractivity contribution in [2.45, 2.75) is 11.1 Å². The second kappa shape index (κ2) is 8.48. The molecule has 3 heterocycles. The van der Waals surface area contributed by atoms with E-state index in [4.69, 9.17) is 4.74 Å². The highest BCUT2D eigenvalue weighted by Gasteiger charge is 2.29. The lowest BCUT2D eigenvalue weighted by atomic mass is 10.1. The normalized spacial score (nSPS) is 15.4. The Morgan fingerprint density at radius 2 is 1.76 bits per heavy atom. The van der Waals surface area contributed by atoms with Gasteiger partial charge in [0, 0.05) is 31.7 Å². The van der Waals surface area contributed by atoms with Gasteiger partial charge >= 0.3 is 0 Å². The lowest BCUT2D eigenvalue weighted by Gasteiger charge is -2.34. The van der Waals surface area contributed by atoms with Crippen LogP contribution in [0.1, 0.15) is 6.92 Å². The van der Waals surface area contributed by atoms with Crippen LogP contribution in [0.5, 0.6) is 5.75 Å². The summed E-state index contributed by atoms with van der Waals surface area (Å²) in [5, 5.41) is 10.5. The van der Waals surface area contributed by atoms with Crippen molar-refractivity contribution in [3.8, 4) is 17.0 Å². The maximum absolute atomic E-state index is 12.6. The summed E-state index contributed by atoms with van der Waals surface area (Å²) in [7, 11) is -3.40. The van der Waals surface area contributed by atoms with Gasteiger partial charge in [-0.3, -0.25) is 0 Å². The van der Waals surface area contributed by atoms with Crippen LogP contribution in [-0.4, -0.2) is 55.7 Å². The van der Waals surface area contributed by atoms with Gasteiger partial charge in [0.15, 0.2) is 5.82 Å². The van der Waals surface area contributed by atoms with Gasteiger partial charge in [-0.25, -0.2) is 8.42 Å². The molecule has 1 aliphatic heterocycles. The van der Waals surface area contributed by atoms with Gasteiger partial charge < -0.3 is 9.64 Å². The number of sulfonamides is 1. The van der Waals surface area contributed by atoms with E-state index in [-0.39, 0.29) is 0 Å². The summed E-state index contributed by atoms with van der Waals surface area (Å²) in [6.45, 7) is 4.62. The average molecular weight is 431 g/mol. The number of thiophene rings is 1. The Labute approximate surface area is 174 Å². The molecule has 0 amide bonds. The fourth-order valence-corrected chi connectivity index (χ4v) is 5.80. The van der Waals surface area contributed by atoms with Gasteiger partial charge in [-0.2, -0.15) is 4.31 Å². The number of benzene rings is 1. The summed E-state index contributed by atoms with van der Waals surface area (Å²) in [4.78, 5) is 2.06. The number of ether oxygens (including phenoxy) is 1. The van der Waals surface area contributed by atoms with Gasteiger partial charge in [0.25, 0.3) is 10.0 Å². The molecule has 0 radical (unpaired) electrons. The van der Waals surface area contributed by atoms with E-state index < -0.39 is 10.0 Å². The van der Waals surface area contributed by atoms with E-state index >= 15 is 0 Å². The molecule has 152 valence electrons. The molecule has 0 bridgehead atoms. The fourth-order valence-electron chi connectivity index (χ4n) is 3.23. The first-order valence-electron chi connectivity index (χ1n) is 9.43. The Hall–Kier alpha value is -2.49. The molecule has 4 rings (SSSR count). The van der Waals surface area contributed by atoms with Crippen molar-refractivity contribution < 1.29 is 13.2 Å². The summed E-state index contributed by atoms with van der Waals surface area (Å²) in [5.74, 6) is 1.59. The van der Waals surface area contributed by atoms with Crippen LogP contribution in [0.15, 0.2) is 58.1 Å². The summed E-state index contributed by atoms with van der Waals surface area (Å²) < 4.78 is 32.7. The molecule has 2 aromatic heterocycles. The zero-order valence-corrected chi connectivity index (χ0v) is 17.7. The monoisotopic (exact) mass is 430 g/mol. The third kappa shape index (κ3) is 4.26. The van der Waals surface area contributed by atoms with E-state index in [1.54, 1.807) is 17.5 Å². The van der Waals surface area contributed by atoms with Crippen molar-refractivity contribution in [3.63, 3.8) is 0 Å². The molecule has 0 spiro atoms. The third-order valence-corrected chi connectivity index (χ3v) is 8.04. The SMILES string of the molecule is CCOc1ccc(-c2ccc(N3CCN(S(=O)(=O)c4cccs4)CC3)nn2)cc1. The molecule has 9 heteroatoms. The van der Waals surface area contributed by atoms with Crippen molar-refractivity contribution in [1.82, 2.24) is 14.5 Å². The van der Waals surface area contributed by atoms with E-state index in [2.05, 4.69) is 15.1 Å². The first-order chi connectivity index (χ1) is 14.1. The number of hydrogen-bond donors (Lipinski definition) is 0. The third-order valence-electron chi connectivity index (χ3n) is 4.76. The summed E-state index contributed by atoms with van der Waals surface area (Å²) in [6.07, 6.45) is 0. The minimum Gasteiger partial charge on any atom is -0.494 e. The number of piperazine rings is 1. The summed E-state index contributed by atoms with van der Waals surface area (Å²) >= 11 is 1.25. The predicted molar refractivity (Wildman–Crippen MR) is 114 cm³/mol. The van der Waals surface area contributed by atoms with Crippen LogP contribution in [0.4, 0.5) is 5.82 Å². The van der Waals surface area contributed by atoms with E-state index in [1.165, 1.54) is 15.6 Å². The van der Waals surface area contributed by atoms with Gasteiger partial charge in [0.2, 0.25) is 0 Å². The Balaban J connectivity index is 1.40. The van der Waals surface area contributed by atoms with Gasteiger partial charge in [-0.05, 0) is 54.8 Å². The molecular formula is C20H22N4O3S2. The lowest BCUT2D eigenvalue weighted by molar-refractivity contribution is 0.340. The predicted octanol–water partition coefficient (Wildman–Crippen LogP) is 3.11. The van der Waals surface area contributed by atoms with Gasteiger partial charge in [-0.1, -0.05) is 6.07 Å². The van der Waals surface area contributed by atoms with E-state index in [0.717, 1.165) is 22.8 Å². The number of rotatable bonds is 6. The number of hydrogen-bond acceptors (Lipinski definition) is 7. The molecule has 29 heavy (non-hydrogen) atoms. The second-order valence-electron chi connectivity index (χ2n) is 6.56. The number of nitrogens with zero attached hydrogens (tertiary/aromatic N) is 4. The molecule has 1 aliphatic rings. The topological polar surface area (TPSA) is 75.6 Å². The van der Waals surface area contributed by atoms with Crippen LogP contribution in [0.3, 0.4) is 0 Å². The van der Waals surface area contributed by atoms with Crippen LogP contribution in [0, 0.1) is 0 Å². The van der Waals surface area contributed by atoms with Gasteiger partial charge in [-0.15, -0.1) is 21.5 Å². The standard InChI is InChI=1S/C20H22N4O3S2/c1-2-27-17-7-5-16(6-8-17)18-9-10-19(22-21-18)23-11-13-24(14-12-23)29(25,26)20-4-3-15-28-20/h3-10,15H,2,11-14H2,1H3. The molecule has 0 N–H and O–H groups in total. The zero-order valence-electron chi connectivity index (χ0n) is 16.1. The smallest absolute Gasteiger partial charge is 0.252 e. The Bertz CT molecular complexity index is 1030. The number of anilines is 1. The molecule has 3 aromatic rings. The lowest BCUT2D eigenvalue weighted by Crippen LogP contribution is -2.48. The molecule has 7 nitrogen and oxygen atoms in total. The van der Waals surface area contributed by atoms with Crippen LogP contribution in [-0.2, 0) is 10.0 Å². The van der Waals surface area contributed by atoms with Crippen molar-refractivity contribution in [2.24, 2.45) is 0 Å². The van der Waals surface area contributed by atoms with Crippen LogP contribution in [0.2, 0.25) is 0 Å². The first-order valence-corrected chi connectivity index (χ1v) is 11.8. The van der Waals surface area contributed by atoms with Gasteiger partial charge in [0.05, 0.1) is 12.3 Å². The van der Waals surface area contributed by atoms with Crippen molar-refractivity contribution >= 4 is 27.2 Å². The molecule has 0 aliphatic carbocycles. The largest absolute Gasteiger partial charge is 0.494 e. The Morgan fingerprint density at radius 1 is 1.00 bits per heavy atom. The van der Waals surface area contributed by atoms with Gasteiger partial charge in [0.1, 0.15) is 9.96 Å². The fraction of sp³-hybridized carbons (Fsp3) is 0.300. The van der Waals surface area contributed by atoms with Crippen LogP contribution < -0.4 is 9.64 Å². The average Bonchev–Trinajstić information content (AvgIpc) is 3.31. The van der Waals surface area contributed by atoms with Crippen molar-refractivity contribution in [3.05, 3.63) is 53.9 Å². The maximum atomic E-state index is 12.6. The Morgan fingerprint density at radius 3 is 2.34 bits per heavy atom. The van der Waals surface area contributed by atoms with Crippen molar-refractivity contribution in [2.75, 3.05) is 37.7 Å².